The molecule has 0 spiro atoms. The van der Waals surface area contributed by atoms with Gasteiger partial charge < -0.3 is 9.73 Å². The molecule has 1 aliphatic rings. The smallest absolute Gasteiger partial charge is 0.408 e. The van der Waals surface area contributed by atoms with E-state index in [0.717, 1.165) is 18.4 Å². The van der Waals surface area contributed by atoms with E-state index in [4.69, 9.17) is 4.42 Å². The normalized spacial score (nSPS) is 13.5. The second-order valence-electron chi connectivity index (χ2n) is 7.74. The van der Waals surface area contributed by atoms with Crippen molar-refractivity contribution in [3.05, 3.63) is 87.9 Å². The molecule has 1 aliphatic carbocycles. The lowest BCUT2D eigenvalue weighted by atomic mass is 9.95. The number of nitrogens with one attached hydrogen (secondary N) is 1. The number of rotatable bonds is 4. The highest BCUT2D eigenvalue weighted by Gasteiger charge is 2.28. The lowest BCUT2D eigenvalue weighted by Crippen LogP contribution is -2.14. The van der Waals surface area contributed by atoms with Gasteiger partial charge in [-0.25, -0.2) is 13.6 Å². The second-order valence-corrected chi connectivity index (χ2v) is 7.74. The fourth-order valence-corrected chi connectivity index (χ4v) is 3.79. The predicted octanol–water partition coefficient (Wildman–Crippen LogP) is 5.21. The molecule has 0 atom stereocenters. The van der Waals surface area contributed by atoms with E-state index >= 15 is 0 Å². The first kappa shape index (κ1) is 19.2. The third kappa shape index (κ3) is 3.42. The SMILES string of the molecule is Cn1c(=O)oc2cc(-c3cc(F)c(NC(=O)c4ccccc4)c(F)c3)c(C3CC3)cc21. The summed E-state index contributed by atoms with van der Waals surface area (Å²) in [6.07, 6.45) is 1.95. The zero-order valence-corrected chi connectivity index (χ0v) is 16.6. The lowest BCUT2D eigenvalue weighted by Gasteiger charge is -2.13. The number of amides is 1. The third-order valence-corrected chi connectivity index (χ3v) is 5.61. The van der Waals surface area contributed by atoms with Crippen molar-refractivity contribution in [3.8, 4) is 11.1 Å². The topological polar surface area (TPSA) is 64.2 Å². The first-order valence-electron chi connectivity index (χ1n) is 9.91. The minimum absolute atomic E-state index is 0.271. The van der Waals surface area contributed by atoms with Crippen LogP contribution in [0.15, 0.2) is 63.8 Å². The molecule has 31 heavy (non-hydrogen) atoms. The molecular weight excluding hydrogens is 402 g/mol. The average molecular weight is 420 g/mol. The van der Waals surface area contributed by atoms with Gasteiger partial charge in [-0.3, -0.25) is 9.36 Å². The summed E-state index contributed by atoms with van der Waals surface area (Å²) < 4.78 is 36.4. The zero-order chi connectivity index (χ0) is 21.7. The molecule has 1 N–H and O–H groups in total. The van der Waals surface area contributed by atoms with Crippen LogP contribution in [0.4, 0.5) is 14.5 Å². The number of aryl methyl sites for hydroxylation is 1. The highest BCUT2D eigenvalue weighted by Crippen LogP contribution is 2.46. The summed E-state index contributed by atoms with van der Waals surface area (Å²) in [4.78, 5) is 24.2. The molecule has 0 aliphatic heterocycles. The van der Waals surface area contributed by atoms with E-state index < -0.39 is 29.0 Å². The Labute approximate surface area is 175 Å². The van der Waals surface area contributed by atoms with Gasteiger partial charge >= 0.3 is 5.76 Å². The standard InChI is InChI=1S/C24H18F2N2O3/c1-28-20-11-16(13-7-8-13)17(12-21(20)31-24(28)30)15-9-18(25)22(19(26)10-15)27-23(29)14-5-3-2-4-6-14/h2-6,9-13H,7-8H2,1H3,(H,27,29). The van der Waals surface area contributed by atoms with E-state index in [2.05, 4.69) is 5.32 Å². The van der Waals surface area contributed by atoms with Crippen molar-refractivity contribution in [2.45, 2.75) is 18.8 Å². The molecule has 4 aromatic rings. The first-order chi connectivity index (χ1) is 14.9. The third-order valence-electron chi connectivity index (χ3n) is 5.61. The summed E-state index contributed by atoms with van der Waals surface area (Å²) in [7, 11) is 1.62. The largest absolute Gasteiger partial charge is 0.419 e. The lowest BCUT2D eigenvalue weighted by molar-refractivity contribution is 0.102. The molecule has 7 heteroatoms. The van der Waals surface area contributed by atoms with E-state index in [-0.39, 0.29) is 5.92 Å². The average Bonchev–Trinajstić information content (AvgIpc) is 3.57. The van der Waals surface area contributed by atoms with Crippen LogP contribution in [-0.4, -0.2) is 10.5 Å². The Morgan fingerprint density at radius 2 is 1.74 bits per heavy atom. The summed E-state index contributed by atoms with van der Waals surface area (Å²) in [5.41, 5.74) is 2.65. The molecule has 0 saturated heterocycles. The van der Waals surface area contributed by atoms with Crippen molar-refractivity contribution in [2.75, 3.05) is 5.32 Å². The Balaban J connectivity index is 1.57. The van der Waals surface area contributed by atoms with Crippen LogP contribution in [0.3, 0.4) is 0 Å². The van der Waals surface area contributed by atoms with Crippen LogP contribution in [0.5, 0.6) is 0 Å². The Morgan fingerprint density at radius 1 is 1.06 bits per heavy atom. The number of fused-ring (bicyclic) bond motifs is 1. The van der Waals surface area contributed by atoms with E-state index in [0.29, 0.717) is 27.8 Å². The molecule has 0 unspecified atom stereocenters. The van der Waals surface area contributed by atoms with Gasteiger partial charge in [0.1, 0.15) is 17.3 Å². The van der Waals surface area contributed by atoms with E-state index in [1.54, 1.807) is 43.4 Å². The highest BCUT2D eigenvalue weighted by atomic mass is 19.1. The van der Waals surface area contributed by atoms with Crippen LogP contribution in [-0.2, 0) is 7.05 Å². The van der Waals surface area contributed by atoms with Gasteiger partial charge in [-0.2, -0.15) is 0 Å². The maximum Gasteiger partial charge on any atom is 0.419 e. The van der Waals surface area contributed by atoms with Crippen LogP contribution in [0.2, 0.25) is 0 Å². The van der Waals surface area contributed by atoms with E-state index in [1.807, 2.05) is 6.07 Å². The van der Waals surface area contributed by atoms with Crippen molar-refractivity contribution in [3.63, 3.8) is 0 Å². The fourth-order valence-electron chi connectivity index (χ4n) is 3.79. The molecule has 1 fully saturated rings. The Hall–Kier alpha value is -3.74. The zero-order valence-electron chi connectivity index (χ0n) is 16.6. The number of anilines is 1. The summed E-state index contributed by atoms with van der Waals surface area (Å²) in [6.45, 7) is 0. The maximum atomic E-state index is 14.9. The second kappa shape index (κ2) is 7.19. The number of benzene rings is 3. The minimum Gasteiger partial charge on any atom is -0.408 e. The fraction of sp³-hybridized carbons (Fsp3) is 0.167. The first-order valence-corrected chi connectivity index (χ1v) is 9.91. The maximum absolute atomic E-state index is 14.9. The summed E-state index contributed by atoms with van der Waals surface area (Å²) in [5.74, 6) is -2.58. The van der Waals surface area contributed by atoms with Crippen molar-refractivity contribution in [2.24, 2.45) is 7.05 Å². The van der Waals surface area contributed by atoms with Crippen LogP contribution in [0.1, 0.15) is 34.7 Å². The Kier molecular flexibility index (Phi) is 4.46. The predicted molar refractivity (Wildman–Crippen MR) is 113 cm³/mol. The molecule has 1 saturated carbocycles. The molecule has 1 heterocycles. The minimum atomic E-state index is -0.879. The van der Waals surface area contributed by atoms with Gasteiger partial charge in [-0.15, -0.1) is 0 Å². The van der Waals surface area contributed by atoms with Gasteiger partial charge in [-0.05, 0) is 71.8 Å². The van der Waals surface area contributed by atoms with Crippen molar-refractivity contribution < 1.29 is 18.0 Å². The van der Waals surface area contributed by atoms with Crippen molar-refractivity contribution in [1.29, 1.82) is 0 Å². The van der Waals surface area contributed by atoms with E-state index in [9.17, 15) is 18.4 Å². The van der Waals surface area contributed by atoms with Gasteiger partial charge in [0.15, 0.2) is 5.58 Å². The monoisotopic (exact) mass is 420 g/mol. The molecule has 156 valence electrons. The van der Waals surface area contributed by atoms with Crippen LogP contribution in [0.25, 0.3) is 22.2 Å². The number of oxazole rings is 1. The molecule has 5 nitrogen and oxygen atoms in total. The molecule has 0 radical (unpaired) electrons. The number of carbonyl (C=O) groups is 1. The van der Waals surface area contributed by atoms with Gasteiger partial charge in [0.2, 0.25) is 0 Å². The van der Waals surface area contributed by atoms with E-state index in [1.165, 1.54) is 16.7 Å². The van der Waals surface area contributed by atoms with Crippen LogP contribution < -0.4 is 11.1 Å². The van der Waals surface area contributed by atoms with Gasteiger partial charge in [0.05, 0.1) is 5.52 Å². The molecule has 1 aromatic heterocycles. The quantitative estimate of drug-likeness (QED) is 0.493. The number of aromatic nitrogens is 1. The molecule has 5 rings (SSSR count). The van der Waals surface area contributed by atoms with Crippen LogP contribution in [0, 0.1) is 11.6 Å². The van der Waals surface area contributed by atoms with Crippen molar-refractivity contribution >= 4 is 22.7 Å². The summed E-state index contributed by atoms with van der Waals surface area (Å²) in [6, 6.07) is 14.1. The number of carbonyl (C=O) groups excluding carboxylic acids is 1. The Bertz CT molecular complexity index is 1360. The van der Waals surface area contributed by atoms with Gasteiger partial charge in [0.25, 0.3) is 5.91 Å². The molecular formula is C24H18F2N2O3. The molecule has 0 bridgehead atoms. The number of hydrogen-bond donors (Lipinski definition) is 1. The molecule has 3 aromatic carbocycles. The summed E-state index contributed by atoms with van der Waals surface area (Å²) >= 11 is 0. The highest BCUT2D eigenvalue weighted by molar-refractivity contribution is 6.04. The summed E-state index contributed by atoms with van der Waals surface area (Å²) in [5, 5.41) is 2.31. The number of hydrogen-bond acceptors (Lipinski definition) is 3. The van der Waals surface area contributed by atoms with Crippen LogP contribution >= 0.6 is 0 Å². The van der Waals surface area contributed by atoms with Crippen molar-refractivity contribution in [1.82, 2.24) is 4.57 Å². The molecule has 1 amide bonds. The van der Waals surface area contributed by atoms with Gasteiger partial charge in [-0.1, -0.05) is 18.2 Å². The number of nitrogens with zero attached hydrogens (tertiary/aromatic N) is 1. The van der Waals surface area contributed by atoms with Gasteiger partial charge in [0, 0.05) is 12.6 Å². The number of halogens is 2. The Morgan fingerprint density at radius 3 is 2.39 bits per heavy atom.